The van der Waals surface area contributed by atoms with Crippen molar-refractivity contribution in [3.05, 3.63) is 29.3 Å². The number of likely N-dealkylation sites (tertiary alicyclic amines) is 1. The van der Waals surface area contributed by atoms with Gasteiger partial charge in [0, 0.05) is 6.04 Å². The number of rotatable bonds is 3. The van der Waals surface area contributed by atoms with Crippen molar-refractivity contribution in [2.75, 3.05) is 13.1 Å². The van der Waals surface area contributed by atoms with Crippen molar-refractivity contribution in [1.29, 1.82) is 0 Å². The Labute approximate surface area is 162 Å². The Morgan fingerprint density at radius 3 is 2.08 bits per heavy atom. The van der Waals surface area contributed by atoms with Gasteiger partial charge in [-0.1, -0.05) is 78.9 Å². The number of hydrogen-bond donors (Lipinski definition) is 0. The van der Waals surface area contributed by atoms with Crippen molar-refractivity contribution in [2.45, 2.75) is 70.8 Å². The summed E-state index contributed by atoms with van der Waals surface area (Å²) in [5.41, 5.74) is 0.851. The standard InChI is InChI=1S/C20H35N2Si.Li/c1-15-18(22-13-9-10-14-22)16-11-7-8-12-17(16)19(15)23(5,6)21-20(2,3)4;/h7-8,11-12,15-19H,9-10,13-14H2,1-6H3;/q-1;+1. The van der Waals surface area contributed by atoms with E-state index in [-0.39, 0.29) is 24.4 Å². The first kappa shape index (κ1) is 20.5. The number of hydrogen-bond acceptors (Lipinski definition) is 1. The normalized spacial score (nSPS) is 36.7. The van der Waals surface area contributed by atoms with Crippen LogP contribution in [0.4, 0.5) is 0 Å². The molecule has 0 N–H and O–H groups in total. The topological polar surface area (TPSA) is 17.3 Å². The van der Waals surface area contributed by atoms with Crippen LogP contribution in [0.15, 0.2) is 24.3 Å². The summed E-state index contributed by atoms with van der Waals surface area (Å²) in [5, 5.41) is 0. The van der Waals surface area contributed by atoms with E-state index in [1.165, 1.54) is 25.9 Å². The molecule has 0 spiro atoms. The van der Waals surface area contributed by atoms with Gasteiger partial charge in [0.05, 0.1) is 0 Å². The first-order valence-electron chi connectivity index (χ1n) is 9.54. The summed E-state index contributed by atoms with van der Waals surface area (Å²) in [7, 11) is -1.66. The van der Waals surface area contributed by atoms with Crippen molar-refractivity contribution in [2.24, 2.45) is 17.8 Å². The Kier molecular flexibility index (Phi) is 6.37. The predicted molar refractivity (Wildman–Crippen MR) is 103 cm³/mol. The molecular formula is C20H35LiN2Si. The molecular weight excluding hydrogens is 303 g/mol. The Morgan fingerprint density at radius 1 is 1.00 bits per heavy atom. The van der Waals surface area contributed by atoms with Crippen LogP contribution >= 0.6 is 0 Å². The van der Waals surface area contributed by atoms with Gasteiger partial charge in [0.25, 0.3) is 0 Å². The fourth-order valence-corrected chi connectivity index (χ4v) is 10.6. The molecule has 5 unspecified atom stereocenters. The zero-order valence-electron chi connectivity index (χ0n) is 16.9. The molecule has 0 bridgehead atoms. The second kappa shape index (κ2) is 7.45. The van der Waals surface area contributed by atoms with Crippen LogP contribution < -0.4 is 18.9 Å². The van der Waals surface area contributed by atoms with E-state index in [0.29, 0.717) is 11.8 Å². The van der Waals surface area contributed by atoms with Crippen molar-refractivity contribution in [1.82, 2.24) is 4.90 Å². The third-order valence-electron chi connectivity index (χ3n) is 6.14. The maximum absolute atomic E-state index is 5.39. The van der Waals surface area contributed by atoms with Gasteiger partial charge in [-0.25, -0.2) is 0 Å². The Hall–Kier alpha value is 0.214. The molecule has 3 aliphatic rings. The molecule has 1 heterocycles. The quantitative estimate of drug-likeness (QED) is 0.721. The van der Waals surface area contributed by atoms with Crippen molar-refractivity contribution in [3.63, 3.8) is 0 Å². The summed E-state index contributed by atoms with van der Waals surface area (Å²) in [4.78, 5) is 8.19. The average molecular weight is 339 g/mol. The summed E-state index contributed by atoms with van der Waals surface area (Å²) >= 11 is 0. The molecule has 24 heavy (non-hydrogen) atoms. The summed E-state index contributed by atoms with van der Waals surface area (Å²) in [6, 6.07) is 0.732. The van der Waals surface area contributed by atoms with E-state index in [9.17, 15) is 0 Å². The summed E-state index contributed by atoms with van der Waals surface area (Å²) < 4.78 is 0. The van der Waals surface area contributed by atoms with Crippen molar-refractivity contribution >= 4 is 8.24 Å². The summed E-state index contributed by atoms with van der Waals surface area (Å²) in [6.45, 7) is 17.0. The molecule has 1 aliphatic heterocycles. The second-order valence-corrected chi connectivity index (χ2v) is 13.7. The van der Waals surface area contributed by atoms with E-state index < -0.39 is 8.24 Å². The first-order valence-corrected chi connectivity index (χ1v) is 12.6. The molecule has 5 atom stereocenters. The van der Waals surface area contributed by atoms with E-state index in [1.54, 1.807) is 0 Å². The molecule has 2 nitrogen and oxygen atoms in total. The maximum atomic E-state index is 5.39. The molecule has 0 aromatic heterocycles. The van der Waals surface area contributed by atoms with Gasteiger partial charge in [-0.05, 0) is 43.7 Å². The van der Waals surface area contributed by atoms with Gasteiger partial charge < -0.3 is 4.98 Å². The number of nitrogens with zero attached hydrogens (tertiary/aromatic N) is 2. The Morgan fingerprint density at radius 2 is 1.54 bits per heavy atom. The fraction of sp³-hybridized carbons (Fsp3) is 0.800. The van der Waals surface area contributed by atoms with E-state index in [0.717, 1.165) is 17.5 Å². The van der Waals surface area contributed by atoms with E-state index >= 15 is 0 Å². The zero-order chi connectivity index (χ0) is 16.8. The zero-order valence-corrected chi connectivity index (χ0v) is 17.9. The molecule has 130 valence electrons. The molecule has 4 heteroatoms. The molecule has 0 amide bonds. The molecule has 2 aliphatic carbocycles. The van der Waals surface area contributed by atoms with Crippen LogP contribution in [0.3, 0.4) is 0 Å². The SMILES string of the molecule is CC1C(N2CCCC2)C2C=CC=CC2C1[Si](C)(C)[N-]C(C)(C)C.[Li+]. The average Bonchev–Trinajstić information content (AvgIpc) is 2.99. The second-order valence-electron chi connectivity index (χ2n) is 9.48. The van der Waals surface area contributed by atoms with Crippen LogP contribution in [-0.4, -0.2) is 37.8 Å². The third kappa shape index (κ3) is 3.96. The predicted octanol–water partition coefficient (Wildman–Crippen LogP) is 2.21. The van der Waals surface area contributed by atoms with Gasteiger partial charge in [0.1, 0.15) is 0 Å². The monoisotopic (exact) mass is 338 g/mol. The van der Waals surface area contributed by atoms with Gasteiger partial charge in [-0.15, -0.1) is 5.54 Å². The van der Waals surface area contributed by atoms with Gasteiger partial charge in [0.2, 0.25) is 0 Å². The van der Waals surface area contributed by atoms with Gasteiger partial charge in [-0.2, -0.15) is 0 Å². The minimum absolute atomic E-state index is 0. The van der Waals surface area contributed by atoms with Gasteiger partial charge in [-0.3, -0.25) is 4.90 Å². The van der Waals surface area contributed by atoms with E-state index in [4.69, 9.17) is 4.98 Å². The van der Waals surface area contributed by atoms with Crippen molar-refractivity contribution < 1.29 is 18.9 Å². The van der Waals surface area contributed by atoms with Crippen LogP contribution in [0.25, 0.3) is 4.98 Å². The Bertz CT molecular complexity index is 488. The molecule has 0 radical (unpaired) electrons. The number of allylic oxidation sites excluding steroid dienone is 3. The largest absolute Gasteiger partial charge is 1.00 e. The van der Waals surface area contributed by atoms with Crippen LogP contribution in [0, 0.1) is 17.8 Å². The molecule has 1 saturated heterocycles. The number of fused-ring (bicyclic) bond motifs is 1. The molecule has 0 aromatic carbocycles. The van der Waals surface area contributed by atoms with Crippen LogP contribution in [0.1, 0.15) is 40.5 Å². The van der Waals surface area contributed by atoms with Crippen LogP contribution in [0.5, 0.6) is 0 Å². The maximum Gasteiger partial charge on any atom is 1.00 e. The van der Waals surface area contributed by atoms with E-state index in [2.05, 4.69) is 70.0 Å². The van der Waals surface area contributed by atoms with Crippen molar-refractivity contribution in [3.8, 4) is 0 Å². The molecule has 3 rings (SSSR count). The smallest absolute Gasteiger partial charge is 0.660 e. The van der Waals surface area contributed by atoms with Crippen LogP contribution in [-0.2, 0) is 0 Å². The summed E-state index contributed by atoms with van der Waals surface area (Å²) in [6.07, 6.45) is 12.4. The Balaban J connectivity index is 0.00000208. The van der Waals surface area contributed by atoms with Gasteiger partial charge in [0.15, 0.2) is 0 Å². The summed E-state index contributed by atoms with van der Waals surface area (Å²) in [5.74, 6) is 2.16. The van der Waals surface area contributed by atoms with E-state index in [1.807, 2.05) is 0 Å². The molecule has 0 aromatic rings. The van der Waals surface area contributed by atoms with Gasteiger partial charge >= 0.3 is 18.9 Å². The minimum atomic E-state index is -1.66. The first-order chi connectivity index (χ1) is 10.7. The fourth-order valence-electron chi connectivity index (χ4n) is 5.92. The third-order valence-corrected chi connectivity index (χ3v) is 9.93. The molecule has 2 fully saturated rings. The van der Waals surface area contributed by atoms with Crippen LogP contribution in [0.2, 0.25) is 18.6 Å². The minimum Gasteiger partial charge on any atom is -0.660 e. The molecule has 1 saturated carbocycles.